The van der Waals surface area contributed by atoms with Crippen LogP contribution in [0, 0.1) is 27.7 Å². The highest BCUT2D eigenvalue weighted by Gasteiger charge is 2.49. The van der Waals surface area contributed by atoms with Gasteiger partial charge in [0.05, 0.1) is 5.69 Å². The second-order valence-electron chi connectivity index (χ2n) is 8.65. The first-order chi connectivity index (χ1) is 15.6. The van der Waals surface area contributed by atoms with Crippen molar-refractivity contribution in [2.45, 2.75) is 40.2 Å². The molecule has 0 saturated carbocycles. The van der Waals surface area contributed by atoms with Gasteiger partial charge in [-0.15, -0.1) is 11.3 Å². The number of carbonyl (C=O) groups excluding carboxylic acids is 3. The largest absolute Gasteiger partial charge is 0.325 e. The Labute approximate surface area is 196 Å². The van der Waals surface area contributed by atoms with E-state index in [1.165, 1.54) is 22.5 Å². The first-order valence-electron chi connectivity index (χ1n) is 10.6. The van der Waals surface area contributed by atoms with Crippen molar-refractivity contribution in [1.82, 2.24) is 15.2 Å². The molecule has 1 saturated heterocycles. The molecule has 1 fully saturated rings. The lowest BCUT2D eigenvalue weighted by atomic mass is 9.91. The average Bonchev–Trinajstić information content (AvgIpc) is 3.30. The molecule has 3 aromatic rings. The predicted octanol–water partition coefficient (Wildman–Crippen LogP) is 4.45. The monoisotopic (exact) mass is 462 g/mol. The van der Waals surface area contributed by atoms with Gasteiger partial charge in [-0.05, 0) is 62.9 Å². The number of aromatic nitrogens is 1. The molecular formula is C25H26N4O3S. The first kappa shape index (κ1) is 22.7. The molecule has 1 atom stereocenters. The number of imide groups is 1. The van der Waals surface area contributed by atoms with Gasteiger partial charge in [0.15, 0.2) is 5.13 Å². The van der Waals surface area contributed by atoms with Gasteiger partial charge < -0.3 is 10.6 Å². The van der Waals surface area contributed by atoms with E-state index >= 15 is 0 Å². The quantitative estimate of drug-likeness (QED) is 0.548. The maximum absolute atomic E-state index is 13.0. The van der Waals surface area contributed by atoms with Crippen LogP contribution in [-0.2, 0) is 15.1 Å². The third-order valence-electron chi connectivity index (χ3n) is 6.07. The Kier molecular flexibility index (Phi) is 5.80. The number of aryl methyl sites for hydroxylation is 4. The molecule has 2 aromatic carbocycles. The van der Waals surface area contributed by atoms with Crippen LogP contribution < -0.4 is 10.6 Å². The predicted molar refractivity (Wildman–Crippen MR) is 129 cm³/mol. The second kappa shape index (κ2) is 8.44. The van der Waals surface area contributed by atoms with Crippen molar-refractivity contribution >= 4 is 34.3 Å². The van der Waals surface area contributed by atoms with E-state index in [1.54, 1.807) is 6.92 Å². The van der Waals surface area contributed by atoms with E-state index in [0.29, 0.717) is 10.7 Å². The number of thiazole rings is 1. The molecule has 2 heterocycles. The smallest absolute Gasteiger partial charge is 0.319 e. The molecule has 1 aliphatic heterocycles. The van der Waals surface area contributed by atoms with Gasteiger partial charge >= 0.3 is 6.03 Å². The number of nitrogens with one attached hydrogen (secondary N) is 2. The molecule has 0 spiro atoms. The van der Waals surface area contributed by atoms with E-state index in [-0.39, 0.29) is 6.54 Å². The number of rotatable bonds is 5. The maximum Gasteiger partial charge on any atom is 0.325 e. The van der Waals surface area contributed by atoms with Gasteiger partial charge in [-0.1, -0.05) is 35.9 Å². The van der Waals surface area contributed by atoms with Crippen molar-refractivity contribution in [1.29, 1.82) is 0 Å². The Morgan fingerprint density at radius 2 is 1.73 bits per heavy atom. The normalized spacial score (nSPS) is 17.9. The Bertz CT molecular complexity index is 1270. The lowest BCUT2D eigenvalue weighted by Crippen LogP contribution is -2.42. The SMILES string of the molecule is Cc1ccc(C2(C)NC(=O)N(CC(=O)Nc3nc(-c4cc(C)c(C)cc4C)cs3)C2=O)cc1. The Morgan fingerprint density at radius 1 is 1.06 bits per heavy atom. The van der Waals surface area contributed by atoms with E-state index in [2.05, 4.69) is 41.6 Å². The van der Waals surface area contributed by atoms with E-state index in [4.69, 9.17) is 0 Å². The zero-order chi connectivity index (χ0) is 23.9. The summed E-state index contributed by atoms with van der Waals surface area (Å²) in [7, 11) is 0. The minimum Gasteiger partial charge on any atom is -0.319 e. The minimum absolute atomic E-state index is 0.385. The fraction of sp³-hybridized carbons (Fsp3) is 0.280. The molecule has 0 aliphatic carbocycles. The molecule has 2 N–H and O–H groups in total. The Morgan fingerprint density at radius 3 is 2.42 bits per heavy atom. The summed E-state index contributed by atoms with van der Waals surface area (Å²) in [4.78, 5) is 43.7. The number of anilines is 1. The van der Waals surface area contributed by atoms with Gasteiger partial charge in [-0.2, -0.15) is 0 Å². The zero-order valence-electron chi connectivity index (χ0n) is 19.3. The van der Waals surface area contributed by atoms with E-state index in [9.17, 15) is 14.4 Å². The van der Waals surface area contributed by atoms with Gasteiger partial charge in [0, 0.05) is 10.9 Å². The van der Waals surface area contributed by atoms with E-state index in [1.807, 2.05) is 43.5 Å². The molecule has 8 heteroatoms. The summed E-state index contributed by atoms with van der Waals surface area (Å²) in [5.41, 5.74) is 5.79. The third-order valence-corrected chi connectivity index (χ3v) is 6.83. The van der Waals surface area contributed by atoms with Crippen molar-refractivity contribution in [2.75, 3.05) is 11.9 Å². The third kappa shape index (κ3) is 4.26. The van der Waals surface area contributed by atoms with Crippen molar-refractivity contribution in [3.8, 4) is 11.3 Å². The van der Waals surface area contributed by atoms with Gasteiger partial charge in [-0.3, -0.25) is 14.5 Å². The number of nitrogens with zero attached hydrogens (tertiary/aromatic N) is 2. The van der Waals surface area contributed by atoms with Gasteiger partial charge in [-0.25, -0.2) is 9.78 Å². The zero-order valence-corrected chi connectivity index (χ0v) is 20.1. The molecule has 0 bridgehead atoms. The standard InChI is InChI=1S/C25H26N4O3S/c1-14-6-8-18(9-7-14)25(5)22(31)29(24(32)28-25)12-21(30)27-23-26-20(13-33-23)19-11-16(3)15(2)10-17(19)4/h6-11,13H,12H2,1-5H3,(H,28,32)(H,26,27,30). The fourth-order valence-corrected chi connectivity index (χ4v) is 4.64. The summed E-state index contributed by atoms with van der Waals surface area (Å²) in [6.45, 7) is 9.36. The van der Waals surface area contributed by atoms with Crippen LogP contribution in [0.15, 0.2) is 41.8 Å². The molecule has 1 aromatic heterocycles. The van der Waals surface area contributed by atoms with Crippen LogP contribution >= 0.6 is 11.3 Å². The summed E-state index contributed by atoms with van der Waals surface area (Å²) in [6, 6.07) is 11.0. The first-order valence-corrected chi connectivity index (χ1v) is 11.5. The van der Waals surface area contributed by atoms with Crippen molar-refractivity contribution in [2.24, 2.45) is 0 Å². The molecule has 1 unspecified atom stereocenters. The van der Waals surface area contributed by atoms with Crippen molar-refractivity contribution in [3.05, 3.63) is 69.6 Å². The molecular weight excluding hydrogens is 436 g/mol. The van der Waals surface area contributed by atoms with Gasteiger partial charge in [0.25, 0.3) is 5.91 Å². The van der Waals surface area contributed by atoms with E-state index < -0.39 is 23.4 Å². The molecule has 4 rings (SSSR count). The summed E-state index contributed by atoms with van der Waals surface area (Å²) in [6.07, 6.45) is 0. The lowest BCUT2D eigenvalue weighted by Gasteiger charge is -2.22. The number of benzene rings is 2. The minimum atomic E-state index is -1.21. The molecule has 7 nitrogen and oxygen atoms in total. The molecule has 170 valence electrons. The number of urea groups is 1. The Balaban J connectivity index is 1.46. The van der Waals surface area contributed by atoms with Crippen LogP contribution in [0.25, 0.3) is 11.3 Å². The van der Waals surface area contributed by atoms with Crippen LogP contribution in [0.5, 0.6) is 0 Å². The Hall–Kier alpha value is -3.52. The number of hydrogen-bond donors (Lipinski definition) is 2. The van der Waals surface area contributed by atoms with Crippen molar-refractivity contribution < 1.29 is 14.4 Å². The van der Waals surface area contributed by atoms with Crippen LogP contribution in [0.1, 0.15) is 34.7 Å². The number of carbonyl (C=O) groups is 3. The van der Waals surface area contributed by atoms with Gasteiger partial charge in [0.2, 0.25) is 5.91 Å². The number of amides is 4. The summed E-state index contributed by atoms with van der Waals surface area (Å²) >= 11 is 1.30. The van der Waals surface area contributed by atoms with Crippen LogP contribution in [0.3, 0.4) is 0 Å². The highest BCUT2D eigenvalue weighted by atomic mass is 32.1. The molecule has 1 aliphatic rings. The topological polar surface area (TPSA) is 91.4 Å². The molecule has 0 radical (unpaired) electrons. The highest BCUT2D eigenvalue weighted by Crippen LogP contribution is 2.31. The number of hydrogen-bond acceptors (Lipinski definition) is 5. The van der Waals surface area contributed by atoms with Crippen molar-refractivity contribution in [3.63, 3.8) is 0 Å². The lowest BCUT2D eigenvalue weighted by molar-refractivity contribution is -0.133. The van der Waals surface area contributed by atoms with Crippen LogP contribution in [-0.4, -0.2) is 34.3 Å². The average molecular weight is 463 g/mol. The highest BCUT2D eigenvalue weighted by molar-refractivity contribution is 7.14. The second-order valence-corrected chi connectivity index (χ2v) is 9.51. The summed E-state index contributed by atoms with van der Waals surface area (Å²) in [5.74, 6) is -0.943. The fourth-order valence-electron chi connectivity index (χ4n) is 3.92. The maximum atomic E-state index is 13.0. The van der Waals surface area contributed by atoms with Gasteiger partial charge in [0.1, 0.15) is 12.1 Å². The van der Waals surface area contributed by atoms with E-state index in [0.717, 1.165) is 27.3 Å². The molecule has 4 amide bonds. The molecule has 33 heavy (non-hydrogen) atoms. The van der Waals surface area contributed by atoms with Crippen LogP contribution in [0.2, 0.25) is 0 Å². The summed E-state index contributed by atoms with van der Waals surface area (Å²) < 4.78 is 0. The van der Waals surface area contributed by atoms with Crippen LogP contribution in [0.4, 0.5) is 9.93 Å². The summed E-state index contributed by atoms with van der Waals surface area (Å²) in [5, 5.41) is 7.74.